The van der Waals surface area contributed by atoms with Gasteiger partial charge in [0.25, 0.3) is 5.91 Å². The summed E-state index contributed by atoms with van der Waals surface area (Å²) in [4.78, 5) is 13.3. The molecule has 1 amide bonds. The Balaban J connectivity index is 1.43. The lowest BCUT2D eigenvalue weighted by Gasteiger charge is -2.27. The van der Waals surface area contributed by atoms with Crippen molar-refractivity contribution in [1.82, 2.24) is 9.99 Å². The maximum Gasteiger partial charge on any atom is 0.281 e. The molecule has 0 aliphatic rings. The summed E-state index contributed by atoms with van der Waals surface area (Å²) < 4.78 is 15.4. The normalized spacial score (nSPS) is 11.7. The van der Waals surface area contributed by atoms with Gasteiger partial charge in [0, 0.05) is 29.2 Å². The Morgan fingerprint density at radius 1 is 0.861 bits per heavy atom. The number of hydrazone groups is 1. The average molecular weight is 478 g/mol. The first-order valence-electron chi connectivity index (χ1n) is 11.5. The highest BCUT2D eigenvalue weighted by molar-refractivity contribution is 6.00. The second kappa shape index (κ2) is 9.98. The molecule has 0 unspecified atom stereocenters. The van der Waals surface area contributed by atoms with Crippen molar-refractivity contribution in [2.24, 2.45) is 5.10 Å². The lowest BCUT2D eigenvalue weighted by atomic mass is 9.85. The monoisotopic (exact) mass is 477 g/mol. The van der Waals surface area contributed by atoms with Gasteiger partial charge in [0.05, 0.1) is 6.21 Å². The van der Waals surface area contributed by atoms with Gasteiger partial charge in [0.1, 0.15) is 5.82 Å². The SMILES string of the molecule is O=C(N/N=C/c1cn(Cc2ccc(F)cc2)c2ccccc12)C(O)(c1ccccc1)c1ccccc1. The second-order valence-corrected chi connectivity index (χ2v) is 8.50. The van der Waals surface area contributed by atoms with E-state index in [0.29, 0.717) is 17.7 Å². The van der Waals surface area contributed by atoms with Crippen LogP contribution >= 0.6 is 0 Å². The van der Waals surface area contributed by atoms with Crippen LogP contribution in [0.4, 0.5) is 4.39 Å². The molecule has 0 aliphatic heterocycles. The molecule has 0 bridgehead atoms. The third-order valence-electron chi connectivity index (χ3n) is 6.17. The number of fused-ring (bicyclic) bond motifs is 1. The van der Waals surface area contributed by atoms with E-state index in [1.165, 1.54) is 12.1 Å². The van der Waals surface area contributed by atoms with Crippen molar-refractivity contribution < 1.29 is 14.3 Å². The summed E-state index contributed by atoms with van der Waals surface area (Å²) in [6, 6.07) is 31.8. The van der Waals surface area contributed by atoms with E-state index in [4.69, 9.17) is 0 Å². The summed E-state index contributed by atoms with van der Waals surface area (Å²) in [6.45, 7) is 0.558. The summed E-state index contributed by atoms with van der Waals surface area (Å²) in [5.74, 6) is -0.933. The Labute approximate surface area is 208 Å². The lowest BCUT2D eigenvalue weighted by Crippen LogP contribution is -2.43. The standard InChI is InChI=1S/C30H24FN3O2/c31-26-17-15-22(16-18-26)20-34-21-23(27-13-7-8-14-28(27)34)19-32-33-29(35)30(36,24-9-3-1-4-10-24)25-11-5-2-6-12-25/h1-19,21,36H,20H2,(H,33,35)/b32-19+. The zero-order valence-electron chi connectivity index (χ0n) is 19.4. The smallest absolute Gasteiger partial charge is 0.281 e. The van der Waals surface area contributed by atoms with Crippen LogP contribution in [0.15, 0.2) is 120 Å². The van der Waals surface area contributed by atoms with Crippen LogP contribution in [-0.4, -0.2) is 21.8 Å². The molecule has 4 aromatic carbocycles. The minimum Gasteiger partial charge on any atom is -0.372 e. The molecule has 36 heavy (non-hydrogen) atoms. The Bertz CT molecular complexity index is 1470. The summed E-state index contributed by atoms with van der Waals surface area (Å²) in [6.07, 6.45) is 3.50. The highest BCUT2D eigenvalue weighted by Crippen LogP contribution is 2.30. The third kappa shape index (κ3) is 4.54. The fourth-order valence-corrected chi connectivity index (χ4v) is 4.32. The molecule has 1 aromatic heterocycles. The lowest BCUT2D eigenvalue weighted by molar-refractivity contribution is -0.136. The number of benzene rings is 4. The van der Waals surface area contributed by atoms with Gasteiger partial charge in [-0.15, -0.1) is 0 Å². The Hall–Kier alpha value is -4.55. The van der Waals surface area contributed by atoms with Crippen molar-refractivity contribution in [3.05, 3.63) is 143 Å². The Morgan fingerprint density at radius 2 is 1.44 bits per heavy atom. The number of aliphatic hydroxyl groups is 1. The van der Waals surface area contributed by atoms with Crippen LogP contribution in [0.1, 0.15) is 22.3 Å². The first-order chi connectivity index (χ1) is 17.6. The van der Waals surface area contributed by atoms with Gasteiger partial charge >= 0.3 is 0 Å². The Kier molecular flexibility index (Phi) is 6.43. The third-order valence-corrected chi connectivity index (χ3v) is 6.17. The van der Waals surface area contributed by atoms with Crippen LogP contribution in [0.5, 0.6) is 0 Å². The molecule has 5 aromatic rings. The average Bonchev–Trinajstić information content (AvgIpc) is 3.27. The van der Waals surface area contributed by atoms with E-state index in [-0.39, 0.29) is 5.82 Å². The minimum absolute atomic E-state index is 0.273. The van der Waals surface area contributed by atoms with E-state index < -0.39 is 11.5 Å². The highest BCUT2D eigenvalue weighted by atomic mass is 19.1. The van der Waals surface area contributed by atoms with Crippen molar-refractivity contribution >= 4 is 23.0 Å². The van der Waals surface area contributed by atoms with Crippen LogP contribution < -0.4 is 5.43 Å². The maximum atomic E-state index is 13.3. The number of hydrogen-bond donors (Lipinski definition) is 2. The number of nitrogens with zero attached hydrogens (tertiary/aromatic N) is 2. The van der Waals surface area contributed by atoms with Crippen molar-refractivity contribution in [2.45, 2.75) is 12.1 Å². The summed E-state index contributed by atoms with van der Waals surface area (Å²) >= 11 is 0. The molecule has 2 N–H and O–H groups in total. The highest BCUT2D eigenvalue weighted by Gasteiger charge is 2.39. The molecule has 0 aliphatic carbocycles. The summed E-state index contributed by atoms with van der Waals surface area (Å²) in [5.41, 5.74) is 4.26. The molecule has 0 fully saturated rings. The molecule has 6 heteroatoms. The fourth-order valence-electron chi connectivity index (χ4n) is 4.32. The van der Waals surface area contributed by atoms with Crippen LogP contribution in [0.25, 0.3) is 10.9 Å². The van der Waals surface area contributed by atoms with Gasteiger partial charge in [-0.2, -0.15) is 5.10 Å². The zero-order valence-corrected chi connectivity index (χ0v) is 19.4. The van der Waals surface area contributed by atoms with E-state index in [1.807, 2.05) is 42.6 Å². The van der Waals surface area contributed by atoms with Gasteiger partial charge in [-0.1, -0.05) is 91.0 Å². The van der Waals surface area contributed by atoms with E-state index in [1.54, 1.807) is 66.9 Å². The van der Waals surface area contributed by atoms with Crippen molar-refractivity contribution in [1.29, 1.82) is 0 Å². The Morgan fingerprint density at radius 3 is 2.08 bits per heavy atom. The molecule has 0 spiro atoms. The number of para-hydroxylation sites is 1. The molecule has 178 valence electrons. The predicted octanol–water partition coefficient (Wildman–Crippen LogP) is 5.21. The fraction of sp³-hybridized carbons (Fsp3) is 0.0667. The molecular formula is C30H24FN3O2. The molecule has 1 heterocycles. The second-order valence-electron chi connectivity index (χ2n) is 8.50. The van der Waals surface area contributed by atoms with Gasteiger partial charge in [-0.05, 0) is 34.9 Å². The number of carbonyl (C=O) groups excluding carboxylic acids is 1. The topological polar surface area (TPSA) is 66.6 Å². The number of nitrogens with one attached hydrogen (secondary N) is 1. The van der Waals surface area contributed by atoms with Crippen LogP contribution in [0, 0.1) is 5.82 Å². The minimum atomic E-state index is -1.91. The molecule has 5 rings (SSSR count). The van der Waals surface area contributed by atoms with E-state index in [9.17, 15) is 14.3 Å². The van der Waals surface area contributed by atoms with E-state index >= 15 is 0 Å². The molecular weight excluding hydrogens is 453 g/mol. The van der Waals surface area contributed by atoms with Crippen LogP contribution in [0.3, 0.4) is 0 Å². The number of hydrogen-bond acceptors (Lipinski definition) is 3. The maximum absolute atomic E-state index is 13.3. The number of rotatable bonds is 7. The summed E-state index contributed by atoms with van der Waals surface area (Å²) in [5, 5.41) is 16.7. The predicted molar refractivity (Wildman–Crippen MR) is 139 cm³/mol. The van der Waals surface area contributed by atoms with Crippen molar-refractivity contribution in [2.75, 3.05) is 0 Å². The van der Waals surface area contributed by atoms with Gasteiger partial charge in [-0.3, -0.25) is 4.79 Å². The number of amides is 1. The van der Waals surface area contributed by atoms with Gasteiger partial charge in [0.2, 0.25) is 0 Å². The largest absolute Gasteiger partial charge is 0.372 e. The molecule has 0 saturated carbocycles. The molecule has 0 saturated heterocycles. The van der Waals surface area contributed by atoms with Crippen molar-refractivity contribution in [3.63, 3.8) is 0 Å². The molecule has 5 nitrogen and oxygen atoms in total. The van der Waals surface area contributed by atoms with E-state index in [2.05, 4.69) is 15.1 Å². The van der Waals surface area contributed by atoms with Crippen LogP contribution in [-0.2, 0) is 16.9 Å². The number of aromatic nitrogens is 1. The number of carbonyl (C=O) groups is 1. The first kappa shape index (κ1) is 23.2. The molecule has 0 atom stereocenters. The zero-order chi connectivity index (χ0) is 25.0. The summed E-state index contributed by atoms with van der Waals surface area (Å²) in [7, 11) is 0. The first-order valence-corrected chi connectivity index (χ1v) is 11.5. The molecule has 0 radical (unpaired) electrons. The van der Waals surface area contributed by atoms with Gasteiger partial charge < -0.3 is 9.67 Å². The van der Waals surface area contributed by atoms with Crippen molar-refractivity contribution in [3.8, 4) is 0 Å². The number of halogens is 1. The quantitative estimate of drug-likeness (QED) is 0.250. The van der Waals surface area contributed by atoms with Gasteiger partial charge in [-0.25, -0.2) is 9.82 Å². The van der Waals surface area contributed by atoms with Crippen LogP contribution in [0.2, 0.25) is 0 Å². The van der Waals surface area contributed by atoms with E-state index in [0.717, 1.165) is 22.0 Å². The van der Waals surface area contributed by atoms with Gasteiger partial charge in [0.15, 0.2) is 5.60 Å².